The van der Waals surface area contributed by atoms with Crippen molar-refractivity contribution in [3.63, 3.8) is 0 Å². The van der Waals surface area contributed by atoms with Gasteiger partial charge in [-0.25, -0.2) is 0 Å². The van der Waals surface area contributed by atoms with Crippen molar-refractivity contribution in [3.05, 3.63) is 12.7 Å². The topological polar surface area (TPSA) is 38.7 Å². The van der Waals surface area contributed by atoms with Gasteiger partial charge < -0.3 is 14.6 Å². The van der Waals surface area contributed by atoms with Crippen LogP contribution < -0.4 is 0 Å². The van der Waals surface area contributed by atoms with Crippen LogP contribution in [0.25, 0.3) is 0 Å². The number of aliphatic hydroxyl groups is 1. The minimum Gasteiger partial charge on any atom is -0.390 e. The third-order valence-corrected chi connectivity index (χ3v) is 2.58. The average molecular weight is 230 g/mol. The number of unbranched alkanes of at least 4 members (excludes halogenated alkanes) is 3. The summed E-state index contributed by atoms with van der Waals surface area (Å²) < 4.78 is 10.3. The van der Waals surface area contributed by atoms with Crippen LogP contribution in [0, 0.1) is 0 Å². The summed E-state index contributed by atoms with van der Waals surface area (Å²) in [7, 11) is 1.59. The van der Waals surface area contributed by atoms with E-state index in [2.05, 4.69) is 13.5 Å². The van der Waals surface area contributed by atoms with Gasteiger partial charge in [0.25, 0.3) is 0 Å². The van der Waals surface area contributed by atoms with Crippen molar-refractivity contribution in [2.45, 2.75) is 57.7 Å². The molecule has 0 amide bonds. The Hall–Kier alpha value is -0.380. The molecule has 3 heteroatoms. The Morgan fingerprint density at radius 2 is 2.06 bits per heavy atom. The van der Waals surface area contributed by atoms with Crippen molar-refractivity contribution in [1.29, 1.82) is 0 Å². The molecular formula is C13H26O3. The maximum Gasteiger partial charge on any atom is 0.146 e. The van der Waals surface area contributed by atoms with Crippen LogP contribution in [0.5, 0.6) is 0 Å². The Morgan fingerprint density at radius 3 is 2.62 bits per heavy atom. The summed E-state index contributed by atoms with van der Waals surface area (Å²) in [6, 6.07) is 0. The van der Waals surface area contributed by atoms with Crippen molar-refractivity contribution < 1.29 is 14.6 Å². The van der Waals surface area contributed by atoms with Crippen LogP contribution in [0.15, 0.2) is 12.7 Å². The summed E-state index contributed by atoms with van der Waals surface area (Å²) in [4.78, 5) is 0. The lowest BCUT2D eigenvalue weighted by molar-refractivity contribution is -0.114. The van der Waals surface area contributed by atoms with E-state index in [4.69, 9.17) is 9.47 Å². The molecule has 2 atom stereocenters. The molecule has 0 heterocycles. The molecule has 0 aromatic rings. The van der Waals surface area contributed by atoms with Crippen molar-refractivity contribution in [2.75, 3.05) is 13.9 Å². The fourth-order valence-corrected chi connectivity index (χ4v) is 1.64. The van der Waals surface area contributed by atoms with Gasteiger partial charge in [-0.3, -0.25) is 0 Å². The fraction of sp³-hybridized carbons (Fsp3) is 0.846. The Labute approximate surface area is 99.5 Å². The van der Waals surface area contributed by atoms with Gasteiger partial charge in [0.2, 0.25) is 0 Å². The van der Waals surface area contributed by atoms with E-state index in [1.807, 2.05) is 0 Å². The first-order valence-electron chi connectivity index (χ1n) is 6.15. The minimum atomic E-state index is -0.464. The zero-order chi connectivity index (χ0) is 12.2. The molecule has 0 rings (SSSR count). The Morgan fingerprint density at radius 1 is 1.31 bits per heavy atom. The van der Waals surface area contributed by atoms with Crippen LogP contribution in [-0.2, 0) is 9.47 Å². The quantitative estimate of drug-likeness (QED) is 0.337. The first kappa shape index (κ1) is 15.6. The second-order valence-electron chi connectivity index (χ2n) is 4.05. The van der Waals surface area contributed by atoms with Gasteiger partial charge in [-0.1, -0.05) is 38.7 Å². The van der Waals surface area contributed by atoms with E-state index in [1.54, 1.807) is 13.2 Å². The molecule has 0 bridgehead atoms. The van der Waals surface area contributed by atoms with Crippen LogP contribution in [0.4, 0.5) is 0 Å². The molecule has 96 valence electrons. The van der Waals surface area contributed by atoms with Crippen LogP contribution >= 0.6 is 0 Å². The highest BCUT2D eigenvalue weighted by molar-refractivity contribution is 4.78. The van der Waals surface area contributed by atoms with E-state index in [0.717, 1.165) is 12.8 Å². The standard InChI is InChI=1S/C13H26O3/c1-4-6-7-8-10-13(16-11-15-3)12(14)9-5-2/h5,12-14H,2,4,6-11H2,1,3H3/t12-,13+/m1/s1. The van der Waals surface area contributed by atoms with Crippen LogP contribution in [0.1, 0.15) is 45.4 Å². The number of aliphatic hydroxyl groups excluding tert-OH is 1. The molecule has 0 aliphatic heterocycles. The van der Waals surface area contributed by atoms with Gasteiger partial charge in [0.05, 0.1) is 12.2 Å². The summed E-state index contributed by atoms with van der Waals surface area (Å²) in [5.41, 5.74) is 0. The van der Waals surface area contributed by atoms with Gasteiger partial charge in [-0.2, -0.15) is 0 Å². The van der Waals surface area contributed by atoms with E-state index in [-0.39, 0.29) is 12.9 Å². The maximum atomic E-state index is 9.84. The van der Waals surface area contributed by atoms with Gasteiger partial charge in [0, 0.05) is 7.11 Å². The smallest absolute Gasteiger partial charge is 0.146 e. The van der Waals surface area contributed by atoms with Crippen LogP contribution in [0.3, 0.4) is 0 Å². The SMILES string of the molecule is C=CC[C@@H](O)[C@H](CCCCCC)OCOC. The fourth-order valence-electron chi connectivity index (χ4n) is 1.64. The molecule has 0 radical (unpaired) electrons. The molecule has 0 aliphatic rings. The molecule has 0 aliphatic carbocycles. The predicted octanol–water partition coefficient (Wildman–Crippen LogP) is 2.88. The molecule has 0 aromatic heterocycles. The average Bonchev–Trinajstić information content (AvgIpc) is 2.28. The summed E-state index contributed by atoms with van der Waals surface area (Å²) in [5, 5.41) is 9.84. The Balaban J connectivity index is 3.83. The molecule has 0 saturated carbocycles. The van der Waals surface area contributed by atoms with Gasteiger partial charge in [0.1, 0.15) is 6.79 Å². The lowest BCUT2D eigenvalue weighted by Crippen LogP contribution is -2.29. The number of ether oxygens (including phenoxy) is 2. The molecule has 0 spiro atoms. The summed E-state index contributed by atoms with van der Waals surface area (Å²) in [6.07, 6.45) is 7.35. The monoisotopic (exact) mass is 230 g/mol. The first-order chi connectivity index (χ1) is 7.76. The van der Waals surface area contributed by atoms with Crippen molar-refractivity contribution in [1.82, 2.24) is 0 Å². The third-order valence-electron chi connectivity index (χ3n) is 2.58. The molecule has 0 saturated heterocycles. The van der Waals surface area contributed by atoms with E-state index in [1.165, 1.54) is 19.3 Å². The lowest BCUT2D eigenvalue weighted by atomic mass is 10.0. The maximum absolute atomic E-state index is 9.84. The number of methoxy groups -OCH3 is 1. The van der Waals surface area contributed by atoms with Gasteiger partial charge in [0.15, 0.2) is 0 Å². The van der Waals surface area contributed by atoms with E-state index in [9.17, 15) is 5.11 Å². The molecule has 0 unspecified atom stereocenters. The van der Waals surface area contributed by atoms with Crippen molar-refractivity contribution in [3.8, 4) is 0 Å². The first-order valence-corrected chi connectivity index (χ1v) is 6.15. The Bertz CT molecular complexity index is 159. The second-order valence-corrected chi connectivity index (χ2v) is 4.05. The van der Waals surface area contributed by atoms with Crippen molar-refractivity contribution in [2.24, 2.45) is 0 Å². The Kier molecular flexibility index (Phi) is 10.9. The third kappa shape index (κ3) is 7.85. The van der Waals surface area contributed by atoms with Crippen LogP contribution in [0.2, 0.25) is 0 Å². The molecule has 0 fully saturated rings. The molecule has 3 nitrogen and oxygen atoms in total. The summed E-state index contributed by atoms with van der Waals surface area (Å²) in [6.45, 7) is 6.05. The predicted molar refractivity (Wildman–Crippen MR) is 66.3 cm³/mol. The summed E-state index contributed by atoms with van der Waals surface area (Å²) in [5.74, 6) is 0. The minimum absolute atomic E-state index is 0.130. The highest BCUT2D eigenvalue weighted by Gasteiger charge is 2.18. The lowest BCUT2D eigenvalue weighted by Gasteiger charge is -2.22. The number of hydrogen-bond acceptors (Lipinski definition) is 3. The van der Waals surface area contributed by atoms with Gasteiger partial charge in [-0.15, -0.1) is 6.58 Å². The molecule has 1 N–H and O–H groups in total. The molecular weight excluding hydrogens is 204 g/mol. The molecule has 16 heavy (non-hydrogen) atoms. The van der Waals surface area contributed by atoms with Gasteiger partial charge in [-0.05, 0) is 12.8 Å². The van der Waals surface area contributed by atoms with E-state index >= 15 is 0 Å². The molecule has 0 aromatic carbocycles. The largest absolute Gasteiger partial charge is 0.390 e. The second kappa shape index (κ2) is 11.1. The number of hydrogen-bond donors (Lipinski definition) is 1. The summed E-state index contributed by atoms with van der Waals surface area (Å²) >= 11 is 0. The van der Waals surface area contributed by atoms with Crippen molar-refractivity contribution >= 4 is 0 Å². The highest BCUT2D eigenvalue weighted by atomic mass is 16.7. The van der Waals surface area contributed by atoms with E-state index in [0.29, 0.717) is 6.42 Å². The van der Waals surface area contributed by atoms with Crippen LogP contribution in [-0.4, -0.2) is 31.2 Å². The van der Waals surface area contributed by atoms with Gasteiger partial charge >= 0.3 is 0 Å². The highest BCUT2D eigenvalue weighted by Crippen LogP contribution is 2.14. The number of rotatable bonds is 11. The van der Waals surface area contributed by atoms with E-state index < -0.39 is 6.10 Å². The zero-order valence-corrected chi connectivity index (χ0v) is 10.7. The normalized spacial score (nSPS) is 14.7. The zero-order valence-electron chi connectivity index (χ0n) is 10.7.